The largest absolute Gasteiger partial charge is 0.381 e. The van der Waals surface area contributed by atoms with Gasteiger partial charge in [-0.1, -0.05) is 26.0 Å². The molecule has 3 N–H and O–H groups in total. The monoisotopic (exact) mass is 571 g/mol. The minimum atomic E-state index is -0.588. The molecule has 0 saturated carbocycles. The van der Waals surface area contributed by atoms with Crippen molar-refractivity contribution >= 4 is 34.2 Å². The fourth-order valence-corrected chi connectivity index (χ4v) is 7.59. The molecule has 0 aromatic carbocycles. The summed E-state index contributed by atoms with van der Waals surface area (Å²) in [4.78, 5) is 48.1. The predicted octanol–water partition coefficient (Wildman–Crippen LogP) is 3.44. The van der Waals surface area contributed by atoms with Crippen LogP contribution in [0.1, 0.15) is 75.8 Å². The molecule has 5 rings (SSSR count). The number of rotatable bonds is 5. The van der Waals surface area contributed by atoms with Crippen LogP contribution in [0.5, 0.6) is 0 Å². The van der Waals surface area contributed by atoms with E-state index in [-0.39, 0.29) is 35.6 Å². The third kappa shape index (κ3) is 7.12. The van der Waals surface area contributed by atoms with Gasteiger partial charge in [-0.2, -0.15) is 0 Å². The SMILES string of the molecule is CC(C)C[C@@H]1NC(=O)C2(C/C=C/C[C@@H]3COCC[C@@H]3NC1=O)CCN(CC(=O)Nc1nc3c(s1)CCCC3)CC2. The van der Waals surface area contributed by atoms with Crippen molar-refractivity contribution in [2.24, 2.45) is 17.3 Å². The Kier molecular flexibility index (Phi) is 9.58. The van der Waals surface area contributed by atoms with E-state index in [1.54, 1.807) is 11.3 Å². The van der Waals surface area contributed by atoms with Crippen LogP contribution < -0.4 is 16.0 Å². The predicted molar refractivity (Wildman–Crippen MR) is 156 cm³/mol. The number of thiazole rings is 1. The fourth-order valence-electron chi connectivity index (χ4n) is 6.53. The first-order valence-electron chi connectivity index (χ1n) is 15.2. The molecule has 2 fully saturated rings. The van der Waals surface area contributed by atoms with Crippen LogP contribution >= 0.6 is 11.3 Å². The van der Waals surface area contributed by atoms with E-state index in [0.29, 0.717) is 63.7 Å². The Labute approximate surface area is 241 Å². The van der Waals surface area contributed by atoms with Crippen LogP contribution in [0.15, 0.2) is 12.2 Å². The topological polar surface area (TPSA) is 113 Å². The van der Waals surface area contributed by atoms with Crippen LogP contribution in [0.25, 0.3) is 0 Å². The molecule has 0 unspecified atom stereocenters. The van der Waals surface area contributed by atoms with Crippen LogP contribution in [-0.4, -0.2) is 72.5 Å². The first-order chi connectivity index (χ1) is 19.3. The van der Waals surface area contributed by atoms with Crippen molar-refractivity contribution in [3.05, 3.63) is 22.7 Å². The average molecular weight is 572 g/mol. The van der Waals surface area contributed by atoms with Gasteiger partial charge < -0.3 is 20.7 Å². The van der Waals surface area contributed by atoms with Gasteiger partial charge in [-0.05, 0) is 83.2 Å². The molecule has 3 aliphatic heterocycles. The number of nitrogens with zero attached hydrogens (tertiary/aromatic N) is 2. The Morgan fingerprint density at radius 3 is 2.77 bits per heavy atom. The number of aryl methyl sites for hydroxylation is 2. The molecule has 1 aromatic rings. The molecule has 1 spiro atoms. The molecule has 2 saturated heterocycles. The van der Waals surface area contributed by atoms with Crippen LogP contribution in [0.3, 0.4) is 0 Å². The van der Waals surface area contributed by atoms with E-state index in [1.807, 2.05) is 0 Å². The second-order valence-electron chi connectivity index (χ2n) is 12.5. The van der Waals surface area contributed by atoms with Gasteiger partial charge in [-0.15, -0.1) is 11.3 Å². The van der Waals surface area contributed by atoms with Gasteiger partial charge >= 0.3 is 0 Å². The van der Waals surface area contributed by atoms with Crippen LogP contribution in [0, 0.1) is 17.3 Å². The van der Waals surface area contributed by atoms with E-state index in [2.05, 4.69) is 51.8 Å². The number of hydrogen-bond acceptors (Lipinski definition) is 7. The fraction of sp³-hybridized carbons (Fsp3) is 0.733. The number of hydrogen-bond donors (Lipinski definition) is 3. The van der Waals surface area contributed by atoms with Crippen molar-refractivity contribution in [2.75, 3.05) is 38.2 Å². The highest BCUT2D eigenvalue weighted by Gasteiger charge is 2.42. The number of anilines is 1. The molecule has 0 radical (unpaired) electrons. The van der Waals surface area contributed by atoms with Crippen molar-refractivity contribution in [3.63, 3.8) is 0 Å². The lowest BCUT2D eigenvalue weighted by atomic mass is 9.74. The Morgan fingerprint density at radius 1 is 1.20 bits per heavy atom. The summed E-state index contributed by atoms with van der Waals surface area (Å²) in [7, 11) is 0. The first kappa shape index (κ1) is 29.2. The standard InChI is InChI=1S/C30H45N5O4S/c1-20(2)17-24-27(37)31-22-10-16-39-19-21(22)7-5-6-11-30(28(38)32-24)12-14-35(15-13-30)18-26(36)34-29-33-23-8-3-4-9-25(23)40-29/h5-6,20-22,24H,3-4,7-19H2,1-2H3,(H,31,37)(H,32,38)(H,33,34,36)/b6-5+/t21-,22+,24+/m1/s1. The Hall–Kier alpha value is -2.30. The minimum absolute atomic E-state index is 0.0421. The summed E-state index contributed by atoms with van der Waals surface area (Å²) < 4.78 is 5.72. The summed E-state index contributed by atoms with van der Waals surface area (Å²) in [6.45, 7) is 7.05. The molecular weight excluding hydrogens is 526 g/mol. The average Bonchev–Trinajstić information content (AvgIpc) is 3.34. The normalized spacial score (nSPS) is 28.4. The van der Waals surface area contributed by atoms with E-state index >= 15 is 0 Å². The molecule has 220 valence electrons. The van der Waals surface area contributed by atoms with Gasteiger partial charge in [-0.25, -0.2) is 4.98 Å². The Bertz CT molecular complexity index is 1070. The van der Waals surface area contributed by atoms with E-state index in [0.717, 1.165) is 31.4 Å². The van der Waals surface area contributed by atoms with Gasteiger partial charge in [-0.3, -0.25) is 19.3 Å². The van der Waals surface area contributed by atoms with Crippen molar-refractivity contribution in [1.29, 1.82) is 0 Å². The molecule has 4 aliphatic rings. The summed E-state index contributed by atoms with van der Waals surface area (Å²) >= 11 is 1.60. The minimum Gasteiger partial charge on any atom is -0.381 e. The van der Waals surface area contributed by atoms with Crippen molar-refractivity contribution in [2.45, 2.75) is 90.1 Å². The molecule has 4 heterocycles. The van der Waals surface area contributed by atoms with E-state index in [1.165, 1.54) is 17.7 Å². The Morgan fingerprint density at radius 2 is 2.00 bits per heavy atom. The van der Waals surface area contributed by atoms with Gasteiger partial charge in [0, 0.05) is 23.4 Å². The lowest BCUT2D eigenvalue weighted by molar-refractivity contribution is -0.138. The molecule has 9 nitrogen and oxygen atoms in total. The highest BCUT2D eigenvalue weighted by atomic mass is 32.1. The molecule has 40 heavy (non-hydrogen) atoms. The summed E-state index contributed by atoms with van der Waals surface area (Å²) in [5, 5.41) is 10.1. The Balaban J connectivity index is 1.23. The van der Waals surface area contributed by atoms with Crippen LogP contribution in [-0.2, 0) is 32.0 Å². The van der Waals surface area contributed by atoms with Gasteiger partial charge in [0.1, 0.15) is 6.04 Å². The van der Waals surface area contributed by atoms with E-state index < -0.39 is 11.5 Å². The number of allylic oxidation sites excluding steroid dienone is 2. The summed E-state index contributed by atoms with van der Waals surface area (Å²) in [6, 6.07) is -0.487. The summed E-state index contributed by atoms with van der Waals surface area (Å²) in [5.74, 6) is 0.330. The number of fused-ring (bicyclic) bond motifs is 2. The van der Waals surface area contributed by atoms with Crippen LogP contribution in [0.4, 0.5) is 5.13 Å². The second kappa shape index (κ2) is 13.1. The lowest BCUT2D eigenvalue weighted by Gasteiger charge is -2.41. The van der Waals surface area contributed by atoms with Gasteiger partial charge in [0.05, 0.1) is 24.3 Å². The number of piperidine rings is 1. The molecule has 3 amide bonds. The number of carbonyl (C=O) groups excluding carboxylic acids is 3. The smallest absolute Gasteiger partial charge is 0.242 e. The van der Waals surface area contributed by atoms with Crippen molar-refractivity contribution in [1.82, 2.24) is 20.5 Å². The number of amides is 3. The number of likely N-dealkylation sites (tertiary alicyclic amines) is 1. The lowest BCUT2D eigenvalue weighted by Crippen LogP contribution is -2.57. The third-order valence-electron chi connectivity index (χ3n) is 9.00. The van der Waals surface area contributed by atoms with E-state index in [4.69, 9.17) is 4.74 Å². The van der Waals surface area contributed by atoms with Crippen molar-refractivity contribution in [3.8, 4) is 0 Å². The molecule has 0 bridgehead atoms. The van der Waals surface area contributed by atoms with E-state index in [9.17, 15) is 14.4 Å². The number of aromatic nitrogens is 1. The summed E-state index contributed by atoms with van der Waals surface area (Å²) in [5.41, 5.74) is 0.554. The maximum absolute atomic E-state index is 13.8. The number of nitrogens with one attached hydrogen (secondary N) is 3. The highest BCUT2D eigenvalue weighted by Crippen LogP contribution is 2.37. The molecule has 3 atom stereocenters. The zero-order valence-electron chi connectivity index (χ0n) is 24.0. The quantitative estimate of drug-likeness (QED) is 0.467. The molecule has 1 aliphatic carbocycles. The molecular formula is C30H45N5O4S. The zero-order valence-corrected chi connectivity index (χ0v) is 24.8. The van der Waals surface area contributed by atoms with Crippen molar-refractivity contribution < 1.29 is 19.1 Å². The van der Waals surface area contributed by atoms with Gasteiger partial charge in [0.2, 0.25) is 17.7 Å². The maximum Gasteiger partial charge on any atom is 0.242 e. The first-order valence-corrected chi connectivity index (χ1v) is 16.0. The zero-order chi connectivity index (χ0) is 28.1. The maximum atomic E-state index is 13.8. The third-order valence-corrected chi connectivity index (χ3v) is 10.1. The van der Waals surface area contributed by atoms with Gasteiger partial charge in [0.25, 0.3) is 0 Å². The van der Waals surface area contributed by atoms with Crippen LogP contribution in [0.2, 0.25) is 0 Å². The highest BCUT2D eigenvalue weighted by molar-refractivity contribution is 7.15. The molecule has 1 aromatic heterocycles. The second-order valence-corrected chi connectivity index (χ2v) is 13.6. The number of carbonyl (C=O) groups is 3. The molecule has 10 heteroatoms. The summed E-state index contributed by atoms with van der Waals surface area (Å²) in [6.07, 6.45) is 12.9. The van der Waals surface area contributed by atoms with Gasteiger partial charge in [0.15, 0.2) is 5.13 Å². The number of ether oxygens (including phenoxy) is 1.